The van der Waals surface area contributed by atoms with Gasteiger partial charge in [0, 0.05) is 12.1 Å². The van der Waals surface area contributed by atoms with E-state index in [4.69, 9.17) is 14.3 Å². The number of non-ortho nitro benzene ring substituents is 1. The number of rotatable bonds is 7. The average molecular weight is 580 g/mol. The molecular weight excluding hydrogens is 554 g/mol. The molecule has 0 N–H and O–H groups in total. The number of methoxy groups -OCH3 is 1. The van der Waals surface area contributed by atoms with Gasteiger partial charge in [-0.2, -0.15) is 0 Å². The molecular formula is C32H25N3O8. The van der Waals surface area contributed by atoms with Gasteiger partial charge in [-0.25, -0.2) is 14.8 Å². The number of amides is 2. The number of anilines is 2. The van der Waals surface area contributed by atoms with Crippen LogP contribution in [0.1, 0.15) is 27.5 Å². The maximum Gasteiger partial charge on any atom is 0.343 e. The molecule has 0 bridgehead atoms. The predicted molar refractivity (Wildman–Crippen MR) is 155 cm³/mol. The molecule has 0 aromatic heterocycles. The maximum atomic E-state index is 13.9. The molecule has 2 saturated heterocycles. The third kappa shape index (κ3) is 4.95. The van der Waals surface area contributed by atoms with Gasteiger partial charge in [-0.1, -0.05) is 48.0 Å². The quantitative estimate of drug-likeness (QED) is 0.0956. The second-order valence-electron chi connectivity index (χ2n) is 10.1. The topological polar surface area (TPSA) is 129 Å². The highest BCUT2D eigenvalue weighted by atomic mass is 16.7. The summed E-state index contributed by atoms with van der Waals surface area (Å²) < 4.78 is 11.1. The van der Waals surface area contributed by atoms with Crippen molar-refractivity contribution in [3.05, 3.63) is 124 Å². The molecule has 2 amide bonds. The summed E-state index contributed by atoms with van der Waals surface area (Å²) in [7, 11) is 1.41. The Kier molecular flexibility index (Phi) is 7.08. The van der Waals surface area contributed by atoms with Gasteiger partial charge in [0.15, 0.2) is 17.6 Å². The molecule has 0 radical (unpaired) electrons. The summed E-state index contributed by atoms with van der Waals surface area (Å²) in [5.41, 5.74) is 2.34. The number of aryl methyl sites for hydroxylation is 1. The zero-order valence-electron chi connectivity index (χ0n) is 23.1. The number of hydrogen-bond donors (Lipinski definition) is 0. The number of fused-ring (bicyclic) bond motifs is 1. The normalized spacial score (nSPS) is 19.3. The summed E-state index contributed by atoms with van der Waals surface area (Å²) in [6.07, 6.45) is -1.18. The smallest absolute Gasteiger partial charge is 0.343 e. The molecule has 2 aliphatic heterocycles. The van der Waals surface area contributed by atoms with E-state index in [2.05, 4.69) is 0 Å². The molecule has 216 valence electrons. The van der Waals surface area contributed by atoms with Gasteiger partial charge in [-0.05, 0) is 55.0 Å². The molecule has 11 heteroatoms. The molecule has 6 rings (SSSR count). The monoisotopic (exact) mass is 579 g/mol. The van der Waals surface area contributed by atoms with E-state index in [1.165, 1.54) is 36.4 Å². The Labute approximate surface area is 245 Å². The first-order chi connectivity index (χ1) is 20.8. The van der Waals surface area contributed by atoms with Crippen LogP contribution in [0.25, 0.3) is 0 Å². The molecule has 0 spiro atoms. The number of nitro benzene ring substituents is 1. The Morgan fingerprint density at radius 3 is 2.30 bits per heavy atom. The molecule has 2 fully saturated rings. The van der Waals surface area contributed by atoms with E-state index < -0.39 is 40.8 Å². The largest absolute Gasteiger partial charge is 0.493 e. The minimum absolute atomic E-state index is 0.146. The second kappa shape index (κ2) is 11.0. The Morgan fingerprint density at radius 1 is 0.860 bits per heavy atom. The van der Waals surface area contributed by atoms with Crippen LogP contribution in [-0.4, -0.2) is 35.9 Å². The van der Waals surface area contributed by atoms with Crippen LogP contribution in [0, 0.1) is 23.0 Å². The number of hydrogen-bond acceptors (Lipinski definition) is 9. The van der Waals surface area contributed by atoms with Gasteiger partial charge in [0.2, 0.25) is 5.91 Å². The van der Waals surface area contributed by atoms with Crippen molar-refractivity contribution >= 4 is 34.8 Å². The van der Waals surface area contributed by atoms with E-state index in [1.54, 1.807) is 72.8 Å². The lowest BCUT2D eigenvalue weighted by Gasteiger charge is -2.29. The van der Waals surface area contributed by atoms with Gasteiger partial charge in [-0.3, -0.25) is 24.5 Å². The Bertz CT molecular complexity index is 1740. The zero-order chi connectivity index (χ0) is 30.2. The van der Waals surface area contributed by atoms with Crippen molar-refractivity contribution in [3.8, 4) is 11.5 Å². The first-order valence-corrected chi connectivity index (χ1v) is 13.4. The Hall–Kier alpha value is -5.55. The number of carbonyl (C=O) groups excluding carboxylic acids is 3. The SMILES string of the molecule is COc1cc(C2C3C(=O)N(c4ccc(C)cc4)C(=O)C3ON2c2cccc([N+](=O)[O-])c2)ccc1OC(=O)c1ccccc1. The van der Waals surface area contributed by atoms with E-state index in [-0.39, 0.29) is 22.9 Å². The molecule has 4 aromatic carbocycles. The van der Waals surface area contributed by atoms with Gasteiger partial charge < -0.3 is 9.47 Å². The number of nitrogens with zero attached hydrogens (tertiary/aromatic N) is 3. The zero-order valence-corrected chi connectivity index (χ0v) is 23.1. The summed E-state index contributed by atoms with van der Waals surface area (Å²) in [5, 5.41) is 12.9. The molecule has 3 atom stereocenters. The molecule has 0 aliphatic carbocycles. The van der Waals surface area contributed by atoms with Crippen LogP contribution >= 0.6 is 0 Å². The second-order valence-corrected chi connectivity index (χ2v) is 10.1. The lowest BCUT2D eigenvalue weighted by molar-refractivity contribution is -0.384. The molecule has 4 aromatic rings. The van der Waals surface area contributed by atoms with Crippen LogP contribution in [-0.2, 0) is 14.4 Å². The highest BCUT2D eigenvalue weighted by Gasteiger charge is 2.60. The first-order valence-electron chi connectivity index (χ1n) is 13.4. The maximum absolute atomic E-state index is 13.9. The fourth-order valence-electron chi connectivity index (χ4n) is 5.35. The van der Waals surface area contributed by atoms with Crippen molar-refractivity contribution in [1.82, 2.24) is 0 Å². The van der Waals surface area contributed by atoms with Crippen molar-refractivity contribution in [2.75, 3.05) is 17.1 Å². The van der Waals surface area contributed by atoms with E-state index >= 15 is 0 Å². The van der Waals surface area contributed by atoms with Gasteiger partial charge in [-0.15, -0.1) is 0 Å². The minimum atomic E-state index is -1.18. The highest BCUT2D eigenvalue weighted by Crippen LogP contribution is 2.49. The number of benzene rings is 4. The predicted octanol–water partition coefficient (Wildman–Crippen LogP) is 5.18. The van der Waals surface area contributed by atoms with Crippen molar-refractivity contribution < 1.29 is 33.6 Å². The number of hydroxylamine groups is 1. The van der Waals surface area contributed by atoms with Crippen LogP contribution in [0.5, 0.6) is 11.5 Å². The number of ether oxygens (including phenoxy) is 2. The molecule has 11 nitrogen and oxygen atoms in total. The summed E-state index contributed by atoms with van der Waals surface area (Å²) in [6, 6.07) is 25.1. The molecule has 2 aliphatic rings. The van der Waals surface area contributed by atoms with Gasteiger partial charge >= 0.3 is 5.97 Å². The van der Waals surface area contributed by atoms with Crippen molar-refractivity contribution in [2.24, 2.45) is 5.92 Å². The standard InChI is InChI=1S/C32H25N3O8/c1-19-11-14-22(15-12-19)33-30(36)27-28(34(43-29(27)31(33)37)23-9-6-10-24(18-23)35(39)40)21-13-16-25(26(17-21)41-2)42-32(38)20-7-4-3-5-8-20/h3-18,27-29H,1-2H3. The van der Waals surface area contributed by atoms with Gasteiger partial charge in [0.1, 0.15) is 5.92 Å². The number of esters is 1. The van der Waals surface area contributed by atoms with Crippen molar-refractivity contribution in [1.29, 1.82) is 0 Å². The Balaban J connectivity index is 1.40. The van der Waals surface area contributed by atoms with Crippen molar-refractivity contribution in [3.63, 3.8) is 0 Å². The summed E-state index contributed by atoms with van der Waals surface area (Å²) in [6.45, 7) is 1.90. The van der Waals surface area contributed by atoms with Crippen LogP contribution in [0.3, 0.4) is 0 Å². The summed E-state index contributed by atoms with van der Waals surface area (Å²) in [4.78, 5) is 58.5. The van der Waals surface area contributed by atoms with Crippen LogP contribution in [0.2, 0.25) is 0 Å². The van der Waals surface area contributed by atoms with Crippen LogP contribution in [0.15, 0.2) is 97.1 Å². The van der Waals surface area contributed by atoms with Crippen LogP contribution < -0.4 is 19.4 Å². The number of carbonyl (C=O) groups is 3. The molecule has 43 heavy (non-hydrogen) atoms. The van der Waals surface area contributed by atoms with Crippen LogP contribution in [0.4, 0.5) is 17.1 Å². The lowest BCUT2D eigenvalue weighted by Crippen LogP contribution is -2.37. The van der Waals surface area contributed by atoms with E-state index in [0.717, 1.165) is 10.5 Å². The third-order valence-corrected chi connectivity index (χ3v) is 7.44. The third-order valence-electron chi connectivity index (χ3n) is 7.44. The summed E-state index contributed by atoms with van der Waals surface area (Å²) in [5.74, 6) is -2.24. The Morgan fingerprint density at radius 2 is 1.60 bits per heavy atom. The van der Waals surface area contributed by atoms with E-state index in [1.807, 2.05) is 6.92 Å². The van der Waals surface area contributed by atoms with E-state index in [9.17, 15) is 24.5 Å². The molecule has 2 heterocycles. The fourth-order valence-corrected chi connectivity index (χ4v) is 5.35. The molecule has 0 saturated carbocycles. The number of nitro groups is 1. The minimum Gasteiger partial charge on any atom is -0.493 e. The average Bonchev–Trinajstić information content (AvgIpc) is 3.53. The van der Waals surface area contributed by atoms with Crippen molar-refractivity contribution in [2.45, 2.75) is 19.1 Å². The van der Waals surface area contributed by atoms with Gasteiger partial charge in [0.25, 0.3) is 11.6 Å². The first kappa shape index (κ1) is 27.6. The number of imide groups is 1. The lowest BCUT2D eigenvalue weighted by atomic mass is 9.90. The highest BCUT2D eigenvalue weighted by molar-refractivity contribution is 6.24. The van der Waals surface area contributed by atoms with E-state index in [0.29, 0.717) is 16.8 Å². The molecule has 3 unspecified atom stereocenters. The fraction of sp³-hybridized carbons (Fsp3) is 0.156. The van der Waals surface area contributed by atoms with Gasteiger partial charge in [0.05, 0.1) is 35.0 Å². The summed E-state index contributed by atoms with van der Waals surface area (Å²) >= 11 is 0.